The molecule has 1 saturated heterocycles. The minimum absolute atomic E-state index is 0.346. The normalized spacial score (nSPS) is 19.1. The number of nitrogens with zero attached hydrogens (tertiary/aromatic N) is 3. The van der Waals surface area contributed by atoms with Crippen molar-refractivity contribution < 1.29 is 8.42 Å². The lowest BCUT2D eigenvalue weighted by atomic mass is 9.93. The number of anilines is 2. The number of pyridine rings is 2. The smallest absolute Gasteiger partial charge is 0.211 e. The second-order valence-corrected chi connectivity index (χ2v) is 8.21. The number of nitrogens with one attached hydrogen (secondary N) is 1. The van der Waals surface area contributed by atoms with Gasteiger partial charge in [0.15, 0.2) is 0 Å². The summed E-state index contributed by atoms with van der Waals surface area (Å²) in [5.41, 5.74) is 1.16. The highest BCUT2D eigenvalue weighted by atomic mass is 32.2. The largest absolute Gasteiger partial charge is 0.325 e. The minimum Gasteiger partial charge on any atom is -0.325 e. The van der Waals surface area contributed by atoms with Gasteiger partial charge < -0.3 is 5.32 Å². The van der Waals surface area contributed by atoms with E-state index in [0.717, 1.165) is 36.5 Å². The summed E-state index contributed by atoms with van der Waals surface area (Å²) in [7, 11) is -3.10. The van der Waals surface area contributed by atoms with Crippen LogP contribution in [0.4, 0.5) is 11.6 Å². The Labute approximate surface area is 143 Å². The van der Waals surface area contributed by atoms with Crippen LogP contribution < -0.4 is 5.32 Å². The van der Waals surface area contributed by atoms with Gasteiger partial charge in [-0.3, -0.25) is 0 Å². The fourth-order valence-electron chi connectivity index (χ4n) is 3.07. The summed E-state index contributed by atoms with van der Waals surface area (Å²) in [6.07, 6.45) is 7.62. The molecular weight excluding hydrogens is 324 g/mol. The van der Waals surface area contributed by atoms with Crippen LogP contribution in [0.1, 0.15) is 18.4 Å². The summed E-state index contributed by atoms with van der Waals surface area (Å²) in [5.74, 6) is 1.85. The van der Waals surface area contributed by atoms with Crippen molar-refractivity contribution in [1.82, 2.24) is 14.3 Å². The first kappa shape index (κ1) is 16.9. The number of piperidine rings is 1. The Balaban J connectivity index is 1.66. The third-order valence-electron chi connectivity index (χ3n) is 4.22. The molecule has 0 spiro atoms. The molecule has 24 heavy (non-hydrogen) atoms. The average Bonchev–Trinajstić information content (AvgIpc) is 2.56. The molecule has 0 radical (unpaired) electrons. The Kier molecular flexibility index (Phi) is 5.11. The molecular formula is C17H22N4O2S. The zero-order valence-corrected chi connectivity index (χ0v) is 14.5. The summed E-state index contributed by atoms with van der Waals surface area (Å²) in [4.78, 5) is 8.56. The Bertz CT molecular complexity index is 780. The molecule has 7 heteroatoms. The van der Waals surface area contributed by atoms with Crippen LogP contribution in [0.5, 0.6) is 0 Å². The fourth-order valence-corrected chi connectivity index (χ4v) is 4.01. The van der Waals surface area contributed by atoms with Crippen LogP contribution in [-0.2, 0) is 16.4 Å². The zero-order valence-electron chi connectivity index (χ0n) is 13.7. The van der Waals surface area contributed by atoms with Crippen LogP contribution in [-0.4, -0.2) is 42.0 Å². The van der Waals surface area contributed by atoms with Gasteiger partial charge in [-0.15, -0.1) is 0 Å². The molecule has 2 aromatic heterocycles. The van der Waals surface area contributed by atoms with E-state index in [4.69, 9.17) is 0 Å². The predicted molar refractivity (Wildman–Crippen MR) is 94.6 cm³/mol. The van der Waals surface area contributed by atoms with Crippen LogP contribution in [0, 0.1) is 5.92 Å². The van der Waals surface area contributed by atoms with Crippen LogP contribution in [0.25, 0.3) is 0 Å². The maximum atomic E-state index is 11.7. The monoisotopic (exact) mass is 346 g/mol. The van der Waals surface area contributed by atoms with Crippen molar-refractivity contribution in [2.45, 2.75) is 19.3 Å². The number of hydrogen-bond donors (Lipinski definition) is 1. The Hall–Kier alpha value is -1.99. The van der Waals surface area contributed by atoms with E-state index >= 15 is 0 Å². The lowest BCUT2D eigenvalue weighted by molar-refractivity contribution is 0.267. The van der Waals surface area contributed by atoms with Crippen molar-refractivity contribution in [3.05, 3.63) is 48.3 Å². The molecule has 1 aliphatic rings. The second kappa shape index (κ2) is 7.27. The van der Waals surface area contributed by atoms with Gasteiger partial charge in [-0.25, -0.2) is 22.7 Å². The highest BCUT2D eigenvalue weighted by Gasteiger charge is 2.25. The molecule has 1 fully saturated rings. The molecule has 0 saturated carbocycles. The Morgan fingerprint density at radius 2 is 2.04 bits per heavy atom. The zero-order chi connectivity index (χ0) is 17.0. The molecule has 1 atom stereocenters. The Morgan fingerprint density at radius 3 is 2.79 bits per heavy atom. The molecule has 1 aliphatic heterocycles. The SMILES string of the molecule is CS(=O)(=O)N1CCC[C@@H](Cc2ccnc(Nc3ccccn3)c2)C1. The van der Waals surface area contributed by atoms with Crippen molar-refractivity contribution >= 4 is 21.7 Å². The van der Waals surface area contributed by atoms with Crippen LogP contribution in [0.3, 0.4) is 0 Å². The van der Waals surface area contributed by atoms with Crippen LogP contribution >= 0.6 is 0 Å². The van der Waals surface area contributed by atoms with Gasteiger partial charge in [-0.1, -0.05) is 6.07 Å². The van der Waals surface area contributed by atoms with Gasteiger partial charge in [0.25, 0.3) is 0 Å². The molecule has 0 amide bonds. The van der Waals surface area contributed by atoms with Crippen LogP contribution in [0.15, 0.2) is 42.7 Å². The topological polar surface area (TPSA) is 75.2 Å². The molecule has 3 heterocycles. The first-order chi connectivity index (χ1) is 11.5. The minimum atomic E-state index is -3.10. The van der Waals surface area contributed by atoms with Crippen molar-refractivity contribution in [3.63, 3.8) is 0 Å². The molecule has 0 aromatic carbocycles. The first-order valence-electron chi connectivity index (χ1n) is 8.09. The average molecular weight is 346 g/mol. The lowest BCUT2D eigenvalue weighted by Crippen LogP contribution is -2.39. The quantitative estimate of drug-likeness (QED) is 0.900. The summed E-state index contributed by atoms with van der Waals surface area (Å²) < 4.78 is 25.1. The van der Waals surface area contributed by atoms with Crippen molar-refractivity contribution in [1.29, 1.82) is 0 Å². The third kappa shape index (κ3) is 4.52. The van der Waals surface area contributed by atoms with Gasteiger partial charge in [0.1, 0.15) is 11.6 Å². The number of sulfonamides is 1. The van der Waals surface area contributed by atoms with Gasteiger partial charge in [0.2, 0.25) is 10.0 Å². The van der Waals surface area contributed by atoms with Crippen molar-refractivity contribution in [2.24, 2.45) is 5.92 Å². The van der Waals surface area contributed by atoms with Gasteiger partial charge in [-0.2, -0.15) is 0 Å². The second-order valence-electron chi connectivity index (χ2n) is 6.22. The van der Waals surface area contributed by atoms with E-state index in [-0.39, 0.29) is 0 Å². The first-order valence-corrected chi connectivity index (χ1v) is 9.93. The summed E-state index contributed by atoms with van der Waals surface area (Å²) in [5, 5.41) is 3.19. The van der Waals surface area contributed by atoms with E-state index in [2.05, 4.69) is 15.3 Å². The van der Waals surface area contributed by atoms with E-state index < -0.39 is 10.0 Å². The fraction of sp³-hybridized carbons (Fsp3) is 0.412. The molecule has 0 unspecified atom stereocenters. The summed E-state index contributed by atoms with van der Waals surface area (Å²) in [6.45, 7) is 1.24. The number of hydrogen-bond acceptors (Lipinski definition) is 5. The molecule has 1 N–H and O–H groups in total. The van der Waals surface area contributed by atoms with Gasteiger partial charge in [0, 0.05) is 25.5 Å². The Morgan fingerprint density at radius 1 is 1.21 bits per heavy atom. The van der Waals surface area contributed by atoms with E-state index in [1.165, 1.54) is 6.26 Å². The highest BCUT2D eigenvalue weighted by Crippen LogP contribution is 2.23. The van der Waals surface area contributed by atoms with Crippen molar-refractivity contribution in [2.75, 3.05) is 24.7 Å². The molecule has 2 aromatic rings. The lowest BCUT2D eigenvalue weighted by Gasteiger charge is -2.31. The third-order valence-corrected chi connectivity index (χ3v) is 5.49. The van der Waals surface area contributed by atoms with E-state index in [1.807, 2.05) is 30.3 Å². The molecule has 0 bridgehead atoms. The maximum absolute atomic E-state index is 11.7. The van der Waals surface area contributed by atoms with Crippen LogP contribution in [0.2, 0.25) is 0 Å². The predicted octanol–water partition coefficient (Wildman–Crippen LogP) is 2.43. The van der Waals surface area contributed by atoms with E-state index in [1.54, 1.807) is 16.7 Å². The molecule has 0 aliphatic carbocycles. The summed E-state index contributed by atoms with van der Waals surface area (Å²) in [6, 6.07) is 9.67. The molecule has 3 rings (SSSR count). The number of rotatable bonds is 5. The summed E-state index contributed by atoms with van der Waals surface area (Å²) >= 11 is 0. The molecule has 128 valence electrons. The van der Waals surface area contributed by atoms with E-state index in [0.29, 0.717) is 19.0 Å². The maximum Gasteiger partial charge on any atom is 0.211 e. The van der Waals surface area contributed by atoms with E-state index in [9.17, 15) is 8.42 Å². The van der Waals surface area contributed by atoms with Crippen molar-refractivity contribution in [3.8, 4) is 0 Å². The van der Waals surface area contributed by atoms with Gasteiger partial charge in [0.05, 0.1) is 6.26 Å². The number of aromatic nitrogens is 2. The highest BCUT2D eigenvalue weighted by molar-refractivity contribution is 7.88. The standard InChI is InChI=1S/C17H22N4O2S/c1-24(22,23)21-10-4-5-15(13-21)11-14-7-9-19-17(12-14)20-16-6-2-3-8-18-16/h2-3,6-9,12,15H,4-5,10-11,13H2,1H3,(H,18,19,20)/t15-/m0/s1. The molecule has 6 nitrogen and oxygen atoms in total. The van der Waals surface area contributed by atoms with Gasteiger partial charge >= 0.3 is 0 Å². The van der Waals surface area contributed by atoms with Gasteiger partial charge in [-0.05, 0) is 55.0 Å².